The van der Waals surface area contributed by atoms with E-state index in [-0.39, 0.29) is 0 Å². The first kappa shape index (κ1) is 15.9. The van der Waals surface area contributed by atoms with E-state index in [0.717, 1.165) is 29.9 Å². The van der Waals surface area contributed by atoms with Crippen LogP contribution in [0.4, 0.5) is 0 Å². The van der Waals surface area contributed by atoms with Gasteiger partial charge in [0, 0.05) is 29.4 Å². The highest BCUT2D eigenvalue weighted by molar-refractivity contribution is 7.99. The molecule has 2 N–H and O–H groups in total. The number of thioether (sulfide) groups is 1. The molecule has 0 aliphatic carbocycles. The number of pyridine rings is 1. The van der Waals surface area contributed by atoms with Crippen LogP contribution in [0.25, 0.3) is 0 Å². The number of rotatable bonds is 8. The lowest BCUT2D eigenvalue weighted by Crippen LogP contribution is -2.06. The van der Waals surface area contributed by atoms with Gasteiger partial charge >= 0.3 is 0 Å². The molecule has 0 atom stereocenters. The highest BCUT2D eigenvalue weighted by Gasteiger charge is 2.08. The quantitative estimate of drug-likeness (QED) is 0.597. The molecular formula is C17H22N2OS. The van der Waals surface area contributed by atoms with Gasteiger partial charge < -0.3 is 10.5 Å². The van der Waals surface area contributed by atoms with Gasteiger partial charge in [-0.1, -0.05) is 13.0 Å². The van der Waals surface area contributed by atoms with Crippen molar-refractivity contribution < 1.29 is 4.74 Å². The lowest BCUT2D eigenvalue weighted by Gasteiger charge is -2.13. The van der Waals surface area contributed by atoms with Gasteiger partial charge in [-0.3, -0.25) is 4.98 Å². The predicted octanol–water partition coefficient (Wildman–Crippen LogP) is 3.66. The maximum Gasteiger partial charge on any atom is 0.124 e. The Morgan fingerprint density at radius 3 is 2.71 bits per heavy atom. The fourth-order valence-corrected chi connectivity index (χ4v) is 3.02. The minimum Gasteiger partial charge on any atom is -0.493 e. The highest BCUT2D eigenvalue weighted by Crippen LogP contribution is 2.29. The zero-order chi connectivity index (χ0) is 14.9. The van der Waals surface area contributed by atoms with Gasteiger partial charge in [-0.05, 0) is 48.4 Å². The van der Waals surface area contributed by atoms with Crippen LogP contribution >= 0.6 is 11.8 Å². The summed E-state index contributed by atoms with van der Waals surface area (Å²) in [4.78, 5) is 5.25. The van der Waals surface area contributed by atoms with E-state index in [1.165, 1.54) is 10.5 Å². The van der Waals surface area contributed by atoms with Gasteiger partial charge in [-0.15, -0.1) is 11.8 Å². The van der Waals surface area contributed by atoms with E-state index in [1.807, 2.05) is 48.4 Å². The molecule has 0 saturated heterocycles. The molecule has 0 radical (unpaired) electrons. The topological polar surface area (TPSA) is 48.1 Å². The third kappa shape index (κ3) is 4.76. The molecule has 1 heterocycles. The van der Waals surface area contributed by atoms with Crippen LogP contribution in [0.5, 0.6) is 5.75 Å². The van der Waals surface area contributed by atoms with Gasteiger partial charge in [0.15, 0.2) is 0 Å². The minimum atomic E-state index is 0.517. The summed E-state index contributed by atoms with van der Waals surface area (Å²) in [6, 6.07) is 10.2. The average molecular weight is 302 g/mol. The monoisotopic (exact) mass is 302 g/mol. The largest absolute Gasteiger partial charge is 0.493 e. The number of ether oxygens (including phenoxy) is 1. The van der Waals surface area contributed by atoms with Crippen LogP contribution in [-0.4, -0.2) is 17.3 Å². The van der Waals surface area contributed by atoms with Gasteiger partial charge in [-0.2, -0.15) is 0 Å². The number of aromatic nitrogens is 1. The second-order valence-electron chi connectivity index (χ2n) is 4.68. The average Bonchev–Trinajstić information content (AvgIpc) is 2.53. The fourth-order valence-electron chi connectivity index (χ4n) is 2.18. The van der Waals surface area contributed by atoms with Crippen LogP contribution in [0, 0.1) is 0 Å². The van der Waals surface area contributed by atoms with Crippen molar-refractivity contribution in [2.24, 2.45) is 5.73 Å². The molecule has 0 fully saturated rings. The van der Waals surface area contributed by atoms with Crippen molar-refractivity contribution >= 4 is 11.8 Å². The fraction of sp³-hybridized carbons (Fsp3) is 0.353. The van der Waals surface area contributed by atoms with Crippen LogP contribution < -0.4 is 10.5 Å². The summed E-state index contributed by atoms with van der Waals surface area (Å²) in [6.45, 7) is 3.37. The molecule has 4 heteroatoms. The van der Waals surface area contributed by atoms with Crippen molar-refractivity contribution in [1.29, 1.82) is 0 Å². The summed E-state index contributed by atoms with van der Waals surface area (Å²) in [6.07, 6.45) is 5.64. The van der Waals surface area contributed by atoms with Crippen molar-refractivity contribution in [3.63, 3.8) is 0 Å². The Morgan fingerprint density at radius 1 is 1.19 bits per heavy atom. The molecule has 21 heavy (non-hydrogen) atoms. The second-order valence-corrected chi connectivity index (χ2v) is 5.98. The van der Waals surface area contributed by atoms with Crippen LogP contribution in [0.3, 0.4) is 0 Å². The molecule has 0 aliphatic rings. The van der Waals surface area contributed by atoms with Gasteiger partial charge in [0.1, 0.15) is 5.75 Å². The molecule has 0 unspecified atom stereocenters. The number of hydrogen-bond donors (Lipinski definition) is 1. The lowest BCUT2D eigenvalue weighted by atomic mass is 10.1. The van der Waals surface area contributed by atoms with E-state index in [0.29, 0.717) is 13.2 Å². The van der Waals surface area contributed by atoms with Crippen LogP contribution in [0.1, 0.15) is 24.5 Å². The SMILES string of the molecule is CCSc1cccc(OCCCc2ccncc2)c1CN. The number of aryl methyl sites for hydroxylation is 1. The first-order valence-electron chi connectivity index (χ1n) is 7.31. The zero-order valence-electron chi connectivity index (χ0n) is 12.4. The summed E-state index contributed by atoms with van der Waals surface area (Å²) in [5.74, 6) is 1.96. The van der Waals surface area contributed by atoms with Crippen molar-refractivity contribution in [1.82, 2.24) is 4.98 Å². The Hall–Kier alpha value is -1.52. The van der Waals surface area contributed by atoms with Crippen LogP contribution in [0.15, 0.2) is 47.6 Å². The maximum atomic E-state index is 5.93. The maximum absolute atomic E-state index is 5.93. The minimum absolute atomic E-state index is 0.517. The molecule has 0 aliphatic heterocycles. The molecule has 0 bridgehead atoms. The molecule has 2 rings (SSSR count). The van der Waals surface area contributed by atoms with Gasteiger partial charge in [-0.25, -0.2) is 0 Å². The molecule has 0 amide bonds. The normalized spacial score (nSPS) is 10.6. The lowest BCUT2D eigenvalue weighted by molar-refractivity contribution is 0.307. The van der Waals surface area contributed by atoms with Crippen molar-refractivity contribution in [2.45, 2.75) is 31.2 Å². The highest BCUT2D eigenvalue weighted by atomic mass is 32.2. The van der Waals surface area contributed by atoms with E-state index in [2.05, 4.69) is 18.0 Å². The van der Waals surface area contributed by atoms with E-state index in [9.17, 15) is 0 Å². The molecule has 3 nitrogen and oxygen atoms in total. The zero-order valence-corrected chi connectivity index (χ0v) is 13.2. The number of benzene rings is 1. The summed E-state index contributed by atoms with van der Waals surface area (Å²) < 4.78 is 5.93. The Balaban J connectivity index is 1.89. The smallest absolute Gasteiger partial charge is 0.124 e. The Kier molecular flexibility index (Phi) is 6.57. The Labute approximate surface area is 130 Å². The van der Waals surface area contributed by atoms with E-state index in [4.69, 9.17) is 10.5 Å². The van der Waals surface area contributed by atoms with E-state index in [1.54, 1.807) is 0 Å². The predicted molar refractivity (Wildman–Crippen MR) is 88.8 cm³/mol. The van der Waals surface area contributed by atoms with Crippen molar-refractivity contribution in [3.8, 4) is 5.75 Å². The Morgan fingerprint density at radius 2 is 2.00 bits per heavy atom. The number of nitrogens with zero attached hydrogens (tertiary/aromatic N) is 1. The van der Waals surface area contributed by atoms with E-state index < -0.39 is 0 Å². The molecule has 112 valence electrons. The third-order valence-corrected chi connectivity index (χ3v) is 4.19. The number of hydrogen-bond acceptors (Lipinski definition) is 4. The molecule has 1 aromatic heterocycles. The van der Waals surface area contributed by atoms with Gasteiger partial charge in [0.05, 0.1) is 6.61 Å². The molecule has 1 aromatic carbocycles. The molecular weight excluding hydrogens is 280 g/mol. The summed E-state index contributed by atoms with van der Waals surface area (Å²) in [7, 11) is 0. The summed E-state index contributed by atoms with van der Waals surface area (Å²) in [5.41, 5.74) is 8.29. The summed E-state index contributed by atoms with van der Waals surface area (Å²) >= 11 is 1.81. The first-order valence-corrected chi connectivity index (χ1v) is 8.30. The van der Waals surface area contributed by atoms with Gasteiger partial charge in [0.25, 0.3) is 0 Å². The second kappa shape index (κ2) is 8.70. The Bertz CT molecular complexity index is 546. The van der Waals surface area contributed by atoms with Gasteiger partial charge in [0.2, 0.25) is 0 Å². The standard InChI is InChI=1S/C17H22N2OS/c1-2-21-17-7-3-6-16(15(17)13-18)20-12-4-5-14-8-10-19-11-9-14/h3,6-11H,2,4-5,12-13,18H2,1H3. The van der Waals surface area contributed by atoms with Crippen LogP contribution in [-0.2, 0) is 13.0 Å². The molecule has 2 aromatic rings. The van der Waals surface area contributed by atoms with Crippen LogP contribution in [0.2, 0.25) is 0 Å². The molecule has 0 saturated carbocycles. The summed E-state index contributed by atoms with van der Waals surface area (Å²) in [5, 5.41) is 0. The molecule has 0 spiro atoms. The first-order chi connectivity index (χ1) is 10.3. The number of nitrogens with two attached hydrogens (primary N) is 1. The van der Waals surface area contributed by atoms with E-state index >= 15 is 0 Å². The third-order valence-electron chi connectivity index (χ3n) is 3.21. The van der Waals surface area contributed by atoms with Crippen molar-refractivity contribution in [3.05, 3.63) is 53.9 Å². The van der Waals surface area contributed by atoms with Crippen molar-refractivity contribution in [2.75, 3.05) is 12.4 Å².